The van der Waals surface area contributed by atoms with E-state index < -0.39 is 23.0 Å². The number of nitro groups is 1. The fraction of sp³-hybridized carbons (Fsp3) is 0.474. The highest BCUT2D eigenvalue weighted by atomic mass is 16.6. The van der Waals surface area contributed by atoms with E-state index in [-0.39, 0.29) is 40.6 Å². The lowest BCUT2D eigenvalue weighted by atomic mass is 9.93. The lowest BCUT2D eigenvalue weighted by Crippen LogP contribution is -2.45. The Hall–Kier alpha value is -3.30. The van der Waals surface area contributed by atoms with Crippen LogP contribution in [0.3, 0.4) is 0 Å². The molecule has 0 bridgehead atoms. The number of rotatable bonds is 9. The normalized spacial score (nSPS) is 16.0. The topological polar surface area (TPSA) is 129 Å². The van der Waals surface area contributed by atoms with Crippen molar-refractivity contribution in [3.05, 3.63) is 39.1 Å². The quantitative estimate of drug-likeness (QED) is 0.366. The predicted octanol–water partition coefficient (Wildman–Crippen LogP) is 2.97. The lowest BCUT2D eigenvalue weighted by molar-refractivity contribution is -0.385. The van der Waals surface area contributed by atoms with Gasteiger partial charge in [0.05, 0.1) is 48.5 Å². The maximum atomic E-state index is 12.6. The second-order valence-electron chi connectivity index (χ2n) is 6.37. The van der Waals surface area contributed by atoms with E-state index in [1.807, 2.05) is 13.8 Å². The van der Waals surface area contributed by atoms with E-state index in [0.717, 1.165) is 0 Å². The van der Waals surface area contributed by atoms with Crippen LogP contribution in [0.15, 0.2) is 23.4 Å². The summed E-state index contributed by atoms with van der Waals surface area (Å²) in [5, 5.41) is 16.8. The van der Waals surface area contributed by atoms with Gasteiger partial charge >= 0.3 is 12.0 Å². The van der Waals surface area contributed by atoms with Crippen LogP contribution in [-0.2, 0) is 9.53 Å². The second kappa shape index (κ2) is 9.76. The molecule has 1 heterocycles. The van der Waals surface area contributed by atoms with Crippen molar-refractivity contribution in [1.82, 2.24) is 10.6 Å². The van der Waals surface area contributed by atoms with E-state index >= 15 is 0 Å². The molecule has 1 aliphatic heterocycles. The summed E-state index contributed by atoms with van der Waals surface area (Å²) in [5.74, 6) is -0.199. The zero-order valence-electron chi connectivity index (χ0n) is 16.9. The highest BCUT2D eigenvalue weighted by molar-refractivity contribution is 5.95. The standard InChI is InChI=1S/C19H25N3O7/c1-5-7-28-15-9-12(13(22(25)26)10-14(15)27-4)17-16(18(23)29-8-6-2)11(3)20-19(24)21-17/h9-10,17H,5-8H2,1-4H3,(H2,20,21,24). The van der Waals surface area contributed by atoms with Gasteiger partial charge in [0.2, 0.25) is 0 Å². The summed E-state index contributed by atoms with van der Waals surface area (Å²) in [6, 6.07) is 0.978. The molecular formula is C19H25N3O7. The van der Waals surface area contributed by atoms with Crippen molar-refractivity contribution in [3.63, 3.8) is 0 Å². The zero-order valence-corrected chi connectivity index (χ0v) is 16.9. The van der Waals surface area contributed by atoms with Crippen molar-refractivity contribution in [2.24, 2.45) is 0 Å². The number of allylic oxidation sites excluding steroid dienone is 1. The van der Waals surface area contributed by atoms with Crippen LogP contribution in [0.5, 0.6) is 11.5 Å². The Labute approximate surface area is 168 Å². The fourth-order valence-electron chi connectivity index (χ4n) is 2.91. The van der Waals surface area contributed by atoms with Crippen LogP contribution in [0.1, 0.15) is 45.2 Å². The third-order valence-electron chi connectivity index (χ3n) is 4.21. The summed E-state index contributed by atoms with van der Waals surface area (Å²) in [6.07, 6.45) is 1.33. The number of nitro benzene ring substituents is 1. The first-order chi connectivity index (χ1) is 13.8. The van der Waals surface area contributed by atoms with Gasteiger partial charge in [-0.3, -0.25) is 10.1 Å². The van der Waals surface area contributed by atoms with Crippen molar-refractivity contribution in [2.45, 2.75) is 39.7 Å². The molecular weight excluding hydrogens is 382 g/mol. The van der Waals surface area contributed by atoms with Gasteiger partial charge in [0.15, 0.2) is 11.5 Å². The van der Waals surface area contributed by atoms with E-state index in [2.05, 4.69) is 10.6 Å². The number of carbonyl (C=O) groups is 2. The van der Waals surface area contributed by atoms with E-state index in [0.29, 0.717) is 19.4 Å². The molecule has 1 unspecified atom stereocenters. The van der Waals surface area contributed by atoms with Crippen molar-refractivity contribution in [1.29, 1.82) is 0 Å². The molecule has 2 rings (SSSR count). The number of nitrogens with zero attached hydrogens (tertiary/aromatic N) is 1. The van der Waals surface area contributed by atoms with E-state index in [9.17, 15) is 19.7 Å². The molecule has 1 aromatic carbocycles. The molecule has 0 aliphatic carbocycles. The minimum Gasteiger partial charge on any atom is -0.493 e. The molecule has 1 aliphatic rings. The van der Waals surface area contributed by atoms with E-state index in [1.54, 1.807) is 0 Å². The molecule has 2 amide bonds. The SMILES string of the molecule is CCCOC(=O)C1=C(C)NC(=O)NC1c1cc(OCCC)c(OC)cc1[N+](=O)[O-]. The van der Waals surface area contributed by atoms with E-state index in [4.69, 9.17) is 14.2 Å². The number of methoxy groups -OCH3 is 1. The summed E-state index contributed by atoms with van der Waals surface area (Å²) in [7, 11) is 1.38. The largest absolute Gasteiger partial charge is 0.493 e. The molecule has 1 atom stereocenters. The van der Waals surface area contributed by atoms with Gasteiger partial charge in [-0.15, -0.1) is 0 Å². The Balaban J connectivity index is 2.63. The summed E-state index contributed by atoms with van der Waals surface area (Å²) >= 11 is 0. The molecule has 29 heavy (non-hydrogen) atoms. The number of nitrogens with one attached hydrogen (secondary N) is 2. The molecule has 0 radical (unpaired) electrons. The average Bonchev–Trinajstić information content (AvgIpc) is 2.68. The Bertz CT molecular complexity index is 835. The fourth-order valence-corrected chi connectivity index (χ4v) is 2.91. The van der Waals surface area contributed by atoms with Gasteiger partial charge in [0.25, 0.3) is 5.69 Å². The Kier molecular flexibility index (Phi) is 7.40. The third kappa shape index (κ3) is 4.95. The number of ether oxygens (including phenoxy) is 3. The van der Waals surface area contributed by atoms with Crippen LogP contribution in [0.4, 0.5) is 10.5 Å². The molecule has 0 saturated carbocycles. The molecule has 10 heteroatoms. The monoisotopic (exact) mass is 407 g/mol. The second-order valence-corrected chi connectivity index (χ2v) is 6.37. The van der Waals surface area contributed by atoms with Crippen LogP contribution in [-0.4, -0.2) is 37.2 Å². The summed E-state index contributed by atoms with van der Waals surface area (Å²) < 4.78 is 16.1. The van der Waals surface area contributed by atoms with Gasteiger partial charge in [0, 0.05) is 5.70 Å². The number of carbonyl (C=O) groups excluding carboxylic acids is 2. The number of hydrogen-bond acceptors (Lipinski definition) is 7. The third-order valence-corrected chi connectivity index (χ3v) is 4.21. The molecule has 158 valence electrons. The molecule has 0 aromatic heterocycles. The maximum absolute atomic E-state index is 12.6. The first kappa shape index (κ1) is 22.0. The lowest BCUT2D eigenvalue weighted by Gasteiger charge is -2.28. The van der Waals surface area contributed by atoms with Crippen LogP contribution in [0.25, 0.3) is 0 Å². The van der Waals surface area contributed by atoms with Gasteiger partial charge in [-0.1, -0.05) is 13.8 Å². The molecule has 1 aromatic rings. The summed E-state index contributed by atoms with van der Waals surface area (Å²) in [4.78, 5) is 35.8. The van der Waals surface area contributed by atoms with Crippen LogP contribution in [0.2, 0.25) is 0 Å². The summed E-state index contributed by atoms with van der Waals surface area (Å²) in [5.41, 5.74) is 0.139. The van der Waals surface area contributed by atoms with Crippen LogP contribution < -0.4 is 20.1 Å². The van der Waals surface area contributed by atoms with Crippen molar-refractivity contribution >= 4 is 17.7 Å². The van der Waals surface area contributed by atoms with Crippen molar-refractivity contribution in [2.75, 3.05) is 20.3 Å². The van der Waals surface area contributed by atoms with Crippen molar-refractivity contribution in [3.8, 4) is 11.5 Å². The number of urea groups is 1. The highest BCUT2D eigenvalue weighted by Gasteiger charge is 2.37. The zero-order chi connectivity index (χ0) is 21.6. The first-order valence-corrected chi connectivity index (χ1v) is 9.28. The molecule has 0 spiro atoms. The first-order valence-electron chi connectivity index (χ1n) is 9.28. The van der Waals surface area contributed by atoms with E-state index in [1.165, 1.54) is 26.2 Å². The highest BCUT2D eigenvalue weighted by Crippen LogP contribution is 2.40. The number of amides is 2. The Morgan fingerprint density at radius 1 is 1.21 bits per heavy atom. The molecule has 2 N–H and O–H groups in total. The number of hydrogen-bond donors (Lipinski definition) is 2. The van der Waals surface area contributed by atoms with Gasteiger partial charge in [-0.05, 0) is 25.8 Å². The van der Waals surface area contributed by atoms with Gasteiger partial charge in [0.1, 0.15) is 0 Å². The Morgan fingerprint density at radius 3 is 2.48 bits per heavy atom. The maximum Gasteiger partial charge on any atom is 0.338 e. The van der Waals surface area contributed by atoms with Crippen LogP contribution >= 0.6 is 0 Å². The van der Waals surface area contributed by atoms with Crippen LogP contribution in [0, 0.1) is 10.1 Å². The average molecular weight is 407 g/mol. The molecule has 0 saturated heterocycles. The van der Waals surface area contributed by atoms with Gasteiger partial charge < -0.3 is 24.8 Å². The predicted molar refractivity (Wildman–Crippen MR) is 104 cm³/mol. The van der Waals surface area contributed by atoms with Crippen molar-refractivity contribution < 1.29 is 28.7 Å². The minimum atomic E-state index is -1.08. The van der Waals surface area contributed by atoms with Gasteiger partial charge in [-0.25, -0.2) is 9.59 Å². The smallest absolute Gasteiger partial charge is 0.338 e. The summed E-state index contributed by atoms with van der Waals surface area (Å²) in [6.45, 7) is 5.86. The Morgan fingerprint density at radius 2 is 1.90 bits per heavy atom. The minimum absolute atomic E-state index is 0.0905. The molecule has 0 fully saturated rings. The number of esters is 1. The molecule has 10 nitrogen and oxygen atoms in total. The number of benzene rings is 1. The van der Waals surface area contributed by atoms with Gasteiger partial charge in [-0.2, -0.15) is 0 Å².